The van der Waals surface area contributed by atoms with Gasteiger partial charge in [-0.05, 0) is 56.7 Å². The van der Waals surface area contributed by atoms with Crippen molar-refractivity contribution in [2.24, 2.45) is 11.3 Å². The highest BCUT2D eigenvalue weighted by Gasteiger charge is 2.45. The summed E-state index contributed by atoms with van der Waals surface area (Å²) >= 11 is 1.87. The van der Waals surface area contributed by atoms with E-state index in [2.05, 4.69) is 11.2 Å². The molecule has 1 heterocycles. The van der Waals surface area contributed by atoms with E-state index in [-0.39, 0.29) is 0 Å². The van der Waals surface area contributed by atoms with Crippen molar-refractivity contribution in [2.45, 2.75) is 38.5 Å². The number of likely N-dealkylation sites (tertiary alicyclic amines) is 1. The van der Waals surface area contributed by atoms with Crippen LogP contribution in [0, 0.1) is 11.3 Å². The Bertz CT molecular complexity index is 294. The standard InChI is InChI=1S/C14H25NO2S/c1-18-9-3-8-15-7-2-6-14(11-15,13(16)17)10-12-4-5-12/h12H,2-11H2,1H3,(H,16,17)/t14-/m0/s1. The predicted octanol–water partition coefficient (Wildman–Crippen LogP) is 2.71. The van der Waals surface area contributed by atoms with E-state index in [4.69, 9.17) is 0 Å². The highest BCUT2D eigenvalue weighted by atomic mass is 32.2. The third-order valence-electron chi connectivity index (χ3n) is 4.31. The summed E-state index contributed by atoms with van der Waals surface area (Å²) in [5.41, 5.74) is -0.432. The fraction of sp³-hybridized carbons (Fsp3) is 0.929. The predicted molar refractivity (Wildman–Crippen MR) is 76.1 cm³/mol. The SMILES string of the molecule is CSCCCN1CCC[C@@](CC2CC2)(C(=O)O)C1. The quantitative estimate of drug-likeness (QED) is 0.723. The molecule has 4 heteroatoms. The summed E-state index contributed by atoms with van der Waals surface area (Å²) in [7, 11) is 0. The highest BCUT2D eigenvalue weighted by molar-refractivity contribution is 7.98. The van der Waals surface area contributed by atoms with E-state index in [1.165, 1.54) is 25.0 Å². The minimum absolute atomic E-state index is 0.432. The fourth-order valence-electron chi connectivity index (χ4n) is 3.15. The lowest BCUT2D eigenvalue weighted by atomic mass is 9.75. The molecule has 2 rings (SSSR count). The van der Waals surface area contributed by atoms with Gasteiger partial charge in [0.1, 0.15) is 0 Å². The molecule has 1 saturated heterocycles. The van der Waals surface area contributed by atoms with Crippen molar-refractivity contribution in [2.75, 3.05) is 31.6 Å². The Kier molecular flexibility index (Phi) is 4.96. The Morgan fingerprint density at radius 3 is 2.89 bits per heavy atom. The van der Waals surface area contributed by atoms with Gasteiger partial charge in [0.15, 0.2) is 0 Å². The lowest BCUT2D eigenvalue weighted by Gasteiger charge is -2.40. The Balaban J connectivity index is 1.90. The number of piperidine rings is 1. The molecule has 2 aliphatic rings. The minimum Gasteiger partial charge on any atom is -0.481 e. The summed E-state index contributed by atoms with van der Waals surface area (Å²) in [4.78, 5) is 14.1. The number of nitrogens with zero attached hydrogens (tertiary/aromatic N) is 1. The Morgan fingerprint density at radius 1 is 1.50 bits per heavy atom. The average molecular weight is 271 g/mol. The van der Waals surface area contributed by atoms with Gasteiger partial charge in [-0.3, -0.25) is 4.79 Å². The Morgan fingerprint density at radius 2 is 2.28 bits per heavy atom. The molecule has 0 unspecified atom stereocenters. The van der Waals surface area contributed by atoms with Gasteiger partial charge in [-0.15, -0.1) is 0 Å². The maximum atomic E-state index is 11.7. The largest absolute Gasteiger partial charge is 0.481 e. The van der Waals surface area contributed by atoms with E-state index in [0.717, 1.165) is 38.9 Å². The number of hydrogen-bond donors (Lipinski definition) is 1. The Labute approximate surface area is 114 Å². The number of rotatable bonds is 7. The summed E-state index contributed by atoms with van der Waals surface area (Å²) in [6.07, 6.45) is 8.67. The van der Waals surface area contributed by atoms with Crippen molar-refractivity contribution < 1.29 is 9.90 Å². The zero-order chi connectivity index (χ0) is 13.0. The molecule has 0 amide bonds. The van der Waals surface area contributed by atoms with E-state index in [0.29, 0.717) is 5.92 Å². The number of carboxylic acid groups (broad SMARTS) is 1. The van der Waals surface area contributed by atoms with Gasteiger partial charge in [0.05, 0.1) is 5.41 Å². The third kappa shape index (κ3) is 3.64. The molecule has 2 fully saturated rings. The van der Waals surface area contributed by atoms with Crippen LogP contribution < -0.4 is 0 Å². The smallest absolute Gasteiger partial charge is 0.310 e. The summed E-state index contributed by atoms with van der Waals surface area (Å²) in [5.74, 6) is 1.33. The van der Waals surface area contributed by atoms with Crippen LogP contribution in [0.4, 0.5) is 0 Å². The monoisotopic (exact) mass is 271 g/mol. The number of hydrogen-bond acceptors (Lipinski definition) is 3. The first-order valence-electron chi connectivity index (χ1n) is 7.11. The molecule has 0 bridgehead atoms. The second kappa shape index (κ2) is 6.29. The first-order chi connectivity index (χ1) is 8.66. The topological polar surface area (TPSA) is 40.5 Å². The van der Waals surface area contributed by atoms with Crippen LogP contribution in [0.2, 0.25) is 0 Å². The minimum atomic E-state index is -0.552. The first-order valence-corrected chi connectivity index (χ1v) is 8.50. The molecule has 1 atom stereocenters. The van der Waals surface area contributed by atoms with Crippen LogP contribution in [0.3, 0.4) is 0 Å². The van der Waals surface area contributed by atoms with E-state index < -0.39 is 11.4 Å². The van der Waals surface area contributed by atoms with Crippen molar-refractivity contribution in [3.63, 3.8) is 0 Å². The molecule has 1 aliphatic carbocycles. The molecule has 0 aromatic rings. The average Bonchev–Trinajstić information content (AvgIpc) is 3.13. The molecule has 3 nitrogen and oxygen atoms in total. The lowest BCUT2D eigenvalue weighted by molar-refractivity contribution is -0.153. The van der Waals surface area contributed by atoms with Crippen LogP contribution in [-0.2, 0) is 4.79 Å². The van der Waals surface area contributed by atoms with Gasteiger partial charge >= 0.3 is 5.97 Å². The van der Waals surface area contributed by atoms with Gasteiger partial charge in [0, 0.05) is 6.54 Å². The van der Waals surface area contributed by atoms with Gasteiger partial charge < -0.3 is 10.0 Å². The fourth-order valence-corrected chi connectivity index (χ4v) is 3.57. The Hall–Kier alpha value is -0.220. The molecule has 0 aromatic heterocycles. The van der Waals surface area contributed by atoms with Gasteiger partial charge in [-0.1, -0.05) is 12.8 Å². The van der Waals surface area contributed by atoms with E-state index in [1.807, 2.05) is 11.8 Å². The van der Waals surface area contributed by atoms with Crippen molar-refractivity contribution in [3.8, 4) is 0 Å². The lowest BCUT2D eigenvalue weighted by Crippen LogP contribution is -2.48. The molecule has 18 heavy (non-hydrogen) atoms. The molecule has 1 saturated carbocycles. The molecule has 0 aromatic carbocycles. The van der Waals surface area contributed by atoms with E-state index >= 15 is 0 Å². The van der Waals surface area contributed by atoms with Crippen molar-refractivity contribution in [1.82, 2.24) is 4.90 Å². The molecule has 1 aliphatic heterocycles. The van der Waals surface area contributed by atoms with Crippen molar-refractivity contribution >= 4 is 17.7 Å². The number of carboxylic acids is 1. The third-order valence-corrected chi connectivity index (χ3v) is 5.01. The van der Waals surface area contributed by atoms with Gasteiger partial charge in [-0.2, -0.15) is 11.8 Å². The van der Waals surface area contributed by atoms with Crippen molar-refractivity contribution in [3.05, 3.63) is 0 Å². The second-order valence-corrected chi connectivity index (χ2v) is 6.94. The van der Waals surface area contributed by atoms with Crippen LogP contribution in [0.5, 0.6) is 0 Å². The first kappa shape index (κ1) is 14.2. The number of aliphatic carboxylic acids is 1. The molecule has 0 spiro atoms. The van der Waals surface area contributed by atoms with Crippen LogP contribution in [0.25, 0.3) is 0 Å². The summed E-state index contributed by atoms with van der Waals surface area (Å²) in [5, 5.41) is 9.62. The van der Waals surface area contributed by atoms with Crippen LogP contribution >= 0.6 is 11.8 Å². The van der Waals surface area contributed by atoms with E-state index in [1.54, 1.807) is 0 Å². The molecule has 1 N–H and O–H groups in total. The summed E-state index contributed by atoms with van der Waals surface area (Å²) < 4.78 is 0. The molecular weight excluding hydrogens is 246 g/mol. The normalized spacial score (nSPS) is 29.4. The van der Waals surface area contributed by atoms with Crippen LogP contribution in [0.15, 0.2) is 0 Å². The van der Waals surface area contributed by atoms with Crippen LogP contribution in [-0.4, -0.2) is 47.6 Å². The van der Waals surface area contributed by atoms with Gasteiger partial charge in [-0.25, -0.2) is 0 Å². The number of carbonyl (C=O) groups is 1. The van der Waals surface area contributed by atoms with Gasteiger partial charge in [0.25, 0.3) is 0 Å². The van der Waals surface area contributed by atoms with Crippen LogP contribution in [0.1, 0.15) is 38.5 Å². The molecule has 0 radical (unpaired) electrons. The highest BCUT2D eigenvalue weighted by Crippen LogP contribution is 2.44. The number of thioether (sulfide) groups is 1. The van der Waals surface area contributed by atoms with Crippen molar-refractivity contribution in [1.29, 1.82) is 0 Å². The maximum Gasteiger partial charge on any atom is 0.310 e. The van der Waals surface area contributed by atoms with E-state index in [9.17, 15) is 9.90 Å². The zero-order valence-electron chi connectivity index (χ0n) is 11.4. The molecular formula is C14H25NO2S. The maximum absolute atomic E-state index is 11.7. The molecule has 104 valence electrons. The second-order valence-electron chi connectivity index (χ2n) is 5.96. The zero-order valence-corrected chi connectivity index (χ0v) is 12.2. The summed E-state index contributed by atoms with van der Waals surface area (Å²) in [6.45, 7) is 2.95. The van der Waals surface area contributed by atoms with Gasteiger partial charge in [0.2, 0.25) is 0 Å². The summed E-state index contributed by atoms with van der Waals surface area (Å²) in [6, 6.07) is 0.